The van der Waals surface area contributed by atoms with Gasteiger partial charge in [0.25, 0.3) is 0 Å². The molecule has 0 fully saturated rings. The lowest BCUT2D eigenvalue weighted by Crippen LogP contribution is -1.88. The van der Waals surface area contributed by atoms with Crippen molar-refractivity contribution in [2.45, 2.75) is 6.92 Å². The van der Waals surface area contributed by atoms with Crippen LogP contribution < -0.4 is 4.74 Å². The molecular formula is C8H12N2O. The van der Waals surface area contributed by atoms with E-state index in [4.69, 9.17) is 4.74 Å². The average molecular weight is 152 g/mol. The van der Waals surface area contributed by atoms with Crippen LogP contribution in [0.3, 0.4) is 0 Å². The zero-order chi connectivity index (χ0) is 8.43. The Balaban J connectivity index is 3.12. The number of methoxy groups -OCH3 is 1. The van der Waals surface area contributed by atoms with E-state index < -0.39 is 0 Å². The van der Waals surface area contributed by atoms with Crippen LogP contribution in [-0.2, 0) is 7.05 Å². The van der Waals surface area contributed by atoms with E-state index in [1.54, 1.807) is 11.8 Å². The minimum atomic E-state index is 0.778. The highest BCUT2D eigenvalue weighted by atomic mass is 16.5. The quantitative estimate of drug-likeness (QED) is 0.641. The van der Waals surface area contributed by atoms with Crippen molar-refractivity contribution in [1.29, 1.82) is 0 Å². The minimum absolute atomic E-state index is 0.778. The highest BCUT2D eigenvalue weighted by molar-refractivity contribution is 5.63. The molecule has 0 aliphatic rings. The van der Waals surface area contributed by atoms with Crippen LogP contribution in [0.25, 0.3) is 5.57 Å². The van der Waals surface area contributed by atoms with Crippen molar-refractivity contribution >= 4 is 5.57 Å². The van der Waals surface area contributed by atoms with Gasteiger partial charge in [-0.05, 0) is 12.5 Å². The first-order chi connectivity index (χ1) is 5.15. The van der Waals surface area contributed by atoms with Crippen LogP contribution in [0.2, 0.25) is 0 Å². The van der Waals surface area contributed by atoms with Crippen LogP contribution in [-0.4, -0.2) is 16.9 Å². The molecule has 0 spiro atoms. The van der Waals surface area contributed by atoms with Crippen LogP contribution in [0.1, 0.15) is 12.6 Å². The molecule has 1 heterocycles. The molecule has 11 heavy (non-hydrogen) atoms. The van der Waals surface area contributed by atoms with Gasteiger partial charge in [0.1, 0.15) is 5.69 Å². The van der Waals surface area contributed by atoms with Gasteiger partial charge in [0.05, 0.1) is 13.3 Å². The van der Waals surface area contributed by atoms with E-state index >= 15 is 0 Å². The van der Waals surface area contributed by atoms with Crippen LogP contribution in [0.4, 0.5) is 0 Å². The van der Waals surface area contributed by atoms with Crippen molar-refractivity contribution in [3.05, 3.63) is 18.5 Å². The van der Waals surface area contributed by atoms with E-state index in [1.807, 2.05) is 20.2 Å². The lowest BCUT2D eigenvalue weighted by atomic mass is 10.2. The Morgan fingerprint density at radius 2 is 2.36 bits per heavy atom. The number of ether oxygens (including phenoxy) is 1. The second-order valence-electron chi connectivity index (χ2n) is 2.50. The monoisotopic (exact) mass is 152 g/mol. The van der Waals surface area contributed by atoms with Gasteiger partial charge in [0.15, 0.2) is 5.75 Å². The molecule has 0 bridgehead atoms. The Hall–Kier alpha value is -1.25. The standard InChI is InChI=1S/C8H12N2O/c1-6(2)8-7(11-4)5-10(3)9-8/h5H,1H2,2-4H3. The Morgan fingerprint density at radius 1 is 1.73 bits per heavy atom. The number of allylic oxidation sites excluding steroid dienone is 1. The Labute approximate surface area is 66.3 Å². The van der Waals surface area contributed by atoms with Gasteiger partial charge in [-0.1, -0.05) is 6.58 Å². The predicted molar refractivity (Wildman–Crippen MR) is 44.5 cm³/mol. The first-order valence-electron chi connectivity index (χ1n) is 3.38. The molecule has 0 aliphatic carbocycles. The molecule has 1 rings (SSSR count). The van der Waals surface area contributed by atoms with Crippen LogP contribution in [0, 0.1) is 0 Å². The van der Waals surface area contributed by atoms with Crippen molar-refractivity contribution < 1.29 is 4.74 Å². The van der Waals surface area contributed by atoms with Gasteiger partial charge in [-0.25, -0.2) is 0 Å². The number of aromatic nitrogens is 2. The second-order valence-corrected chi connectivity index (χ2v) is 2.50. The van der Waals surface area contributed by atoms with Crippen molar-refractivity contribution in [1.82, 2.24) is 9.78 Å². The Morgan fingerprint density at radius 3 is 2.73 bits per heavy atom. The molecule has 3 nitrogen and oxygen atoms in total. The van der Waals surface area contributed by atoms with Crippen molar-refractivity contribution in [3.63, 3.8) is 0 Å². The molecule has 0 radical (unpaired) electrons. The average Bonchev–Trinajstić information content (AvgIpc) is 2.30. The van der Waals surface area contributed by atoms with E-state index in [2.05, 4.69) is 11.7 Å². The fourth-order valence-electron chi connectivity index (χ4n) is 0.912. The SMILES string of the molecule is C=C(C)c1nn(C)cc1OC. The highest BCUT2D eigenvalue weighted by Crippen LogP contribution is 2.21. The zero-order valence-corrected chi connectivity index (χ0v) is 7.09. The van der Waals surface area contributed by atoms with E-state index in [1.165, 1.54) is 0 Å². The van der Waals surface area contributed by atoms with Crippen LogP contribution >= 0.6 is 0 Å². The van der Waals surface area contributed by atoms with Gasteiger partial charge >= 0.3 is 0 Å². The number of aryl methyl sites for hydroxylation is 1. The maximum Gasteiger partial charge on any atom is 0.164 e. The van der Waals surface area contributed by atoms with Gasteiger partial charge in [-0.3, -0.25) is 4.68 Å². The zero-order valence-electron chi connectivity index (χ0n) is 7.09. The topological polar surface area (TPSA) is 27.1 Å². The first-order valence-corrected chi connectivity index (χ1v) is 3.38. The summed E-state index contributed by atoms with van der Waals surface area (Å²) in [5, 5.41) is 4.17. The maximum absolute atomic E-state index is 5.08. The first kappa shape index (κ1) is 7.85. The fraction of sp³-hybridized carbons (Fsp3) is 0.375. The van der Waals surface area contributed by atoms with Crippen LogP contribution in [0.15, 0.2) is 12.8 Å². The van der Waals surface area contributed by atoms with E-state index in [-0.39, 0.29) is 0 Å². The third-order valence-corrected chi connectivity index (χ3v) is 1.42. The van der Waals surface area contributed by atoms with Crippen LogP contribution in [0.5, 0.6) is 5.75 Å². The van der Waals surface area contributed by atoms with Gasteiger partial charge in [0.2, 0.25) is 0 Å². The predicted octanol–water partition coefficient (Wildman–Crippen LogP) is 1.46. The molecule has 0 aromatic carbocycles. The molecule has 0 saturated heterocycles. The second kappa shape index (κ2) is 2.78. The molecule has 60 valence electrons. The lowest BCUT2D eigenvalue weighted by molar-refractivity contribution is 0.413. The summed E-state index contributed by atoms with van der Waals surface area (Å²) in [5.41, 5.74) is 1.75. The molecule has 1 aromatic rings. The lowest BCUT2D eigenvalue weighted by Gasteiger charge is -1.96. The highest BCUT2D eigenvalue weighted by Gasteiger charge is 2.06. The summed E-state index contributed by atoms with van der Waals surface area (Å²) in [4.78, 5) is 0. The van der Waals surface area contributed by atoms with Crippen molar-refractivity contribution in [3.8, 4) is 5.75 Å². The summed E-state index contributed by atoms with van der Waals surface area (Å²) < 4.78 is 6.79. The van der Waals surface area contributed by atoms with Crippen molar-refractivity contribution in [2.24, 2.45) is 7.05 Å². The summed E-state index contributed by atoms with van der Waals surface area (Å²) in [6.45, 7) is 5.70. The number of nitrogens with zero attached hydrogens (tertiary/aromatic N) is 2. The number of hydrogen-bond donors (Lipinski definition) is 0. The fourth-order valence-corrected chi connectivity index (χ4v) is 0.912. The number of rotatable bonds is 2. The van der Waals surface area contributed by atoms with E-state index in [0.717, 1.165) is 17.0 Å². The molecule has 0 N–H and O–H groups in total. The molecule has 0 saturated carbocycles. The van der Waals surface area contributed by atoms with E-state index in [0.29, 0.717) is 0 Å². The third kappa shape index (κ3) is 1.42. The minimum Gasteiger partial charge on any atom is -0.493 e. The summed E-state index contributed by atoms with van der Waals surface area (Å²) in [6, 6.07) is 0. The summed E-state index contributed by atoms with van der Waals surface area (Å²) >= 11 is 0. The van der Waals surface area contributed by atoms with Gasteiger partial charge in [-0.15, -0.1) is 0 Å². The summed E-state index contributed by atoms with van der Waals surface area (Å²) in [7, 11) is 3.48. The Bertz CT molecular complexity index is 276. The molecule has 0 amide bonds. The molecule has 0 atom stereocenters. The Kier molecular flexibility index (Phi) is 1.98. The maximum atomic E-state index is 5.08. The van der Waals surface area contributed by atoms with E-state index in [9.17, 15) is 0 Å². The molecule has 0 aliphatic heterocycles. The third-order valence-electron chi connectivity index (χ3n) is 1.42. The largest absolute Gasteiger partial charge is 0.493 e. The molecule has 3 heteroatoms. The smallest absolute Gasteiger partial charge is 0.164 e. The molecule has 0 unspecified atom stereocenters. The van der Waals surface area contributed by atoms with Gasteiger partial charge < -0.3 is 4.74 Å². The van der Waals surface area contributed by atoms with Crippen molar-refractivity contribution in [2.75, 3.05) is 7.11 Å². The van der Waals surface area contributed by atoms with Gasteiger partial charge in [0, 0.05) is 7.05 Å². The summed E-state index contributed by atoms with van der Waals surface area (Å²) in [5.74, 6) is 0.778. The normalized spacial score (nSPS) is 9.73. The van der Waals surface area contributed by atoms with Gasteiger partial charge in [-0.2, -0.15) is 5.10 Å². The molecular weight excluding hydrogens is 140 g/mol. The number of hydrogen-bond acceptors (Lipinski definition) is 2. The summed E-state index contributed by atoms with van der Waals surface area (Å²) in [6.07, 6.45) is 1.82. The molecule has 1 aromatic heterocycles.